The largest absolute Gasteiger partial charge is 0.508 e. The molecule has 2 aromatic carbocycles. The van der Waals surface area contributed by atoms with Crippen molar-refractivity contribution in [3.05, 3.63) is 88.0 Å². The molecule has 0 saturated heterocycles. The Bertz CT molecular complexity index is 1230. The van der Waals surface area contributed by atoms with Gasteiger partial charge in [-0.3, -0.25) is 9.59 Å². The van der Waals surface area contributed by atoms with Gasteiger partial charge in [0.25, 0.3) is 5.56 Å². The maximum atomic E-state index is 13.6. The Morgan fingerprint density at radius 2 is 1.97 bits per heavy atom. The van der Waals surface area contributed by atoms with Crippen LogP contribution in [0.4, 0.5) is 5.82 Å². The molecule has 1 aromatic heterocycles. The molecule has 0 unspecified atom stereocenters. The van der Waals surface area contributed by atoms with Crippen LogP contribution in [-0.4, -0.2) is 26.6 Å². The first-order chi connectivity index (χ1) is 15.5. The van der Waals surface area contributed by atoms with Crippen LogP contribution >= 0.6 is 0 Å². The van der Waals surface area contributed by atoms with Crippen LogP contribution in [-0.2, 0) is 12.1 Å². The summed E-state index contributed by atoms with van der Waals surface area (Å²) in [4.78, 5) is 31.8. The zero-order valence-electron chi connectivity index (χ0n) is 17.8. The fourth-order valence-electron chi connectivity index (χ4n) is 4.82. The van der Waals surface area contributed by atoms with Gasteiger partial charge in [-0.2, -0.15) is 0 Å². The first-order valence-corrected chi connectivity index (χ1v) is 11.0. The number of aromatic nitrogens is 2. The highest BCUT2D eigenvalue weighted by Crippen LogP contribution is 2.53. The predicted molar refractivity (Wildman–Crippen MR) is 122 cm³/mol. The summed E-state index contributed by atoms with van der Waals surface area (Å²) in [6, 6.07) is 14.7. The molecule has 7 heteroatoms. The van der Waals surface area contributed by atoms with Gasteiger partial charge in [-0.1, -0.05) is 30.3 Å². The summed E-state index contributed by atoms with van der Waals surface area (Å²) < 4.78 is 1.62. The number of rotatable bonds is 7. The van der Waals surface area contributed by atoms with E-state index in [2.05, 4.69) is 9.88 Å². The lowest BCUT2D eigenvalue weighted by Crippen LogP contribution is -2.55. The van der Waals surface area contributed by atoms with Crippen molar-refractivity contribution in [2.45, 2.75) is 50.2 Å². The zero-order valence-corrected chi connectivity index (χ0v) is 17.8. The first kappa shape index (κ1) is 20.3. The van der Waals surface area contributed by atoms with Gasteiger partial charge in [-0.15, -0.1) is 0 Å². The Morgan fingerprint density at radius 1 is 1.19 bits per heavy atom. The van der Waals surface area contributed by atoms with Crippen molar-refractivity contribution in [2.24, 2.45) is 5.73 Å². The van der Waals surface area contributed by atoms with Crippen LogP contribution < -0.4 is 16.2 Å². The van der Waals surface area contributed by atoms with Crippen LogP contribution in [0.15, 0.2) is 65.7 Å². The summed E-state index contributed by atoms with van der Waals surface area (Å²) in [6.45, 7) is 0.317. The van der Waals surface area contributed by atoms with E-state index < -0.39 is 11.4 Å². The average molecular weight is 431 g/mol. The second-order valence-electron chi connectivity index (χ2n) is 8.75. The van der Waals surface area contributed by atoms with Crippen molar-refractivity contribution < 1.29 is 9.90 Å². The quantitative estimate of drug-likeness (QED) is 0.600. The molecule has 7 nitrogen and oxygen atoms in total. The second-order valence-corrected chi connectivity index (χ2v) is 8.75. The van der Waals surface area contributed by atoms with E-state index in [0.717, 1.165) is 43.2 Å². The van der Waals surface area contributed by atoms with Crippen LogP contribution in [0.1, 0.15) is 53.6 Å². The van der Waals surface area contributed by atoms with E-state index in [4.69, 9.17) is 5.73 Å². The highest BCUT2D eigenvalue weighted by atomic mass is 16.3. The normalized spacial score (nSPS) is 16.9. The molecule has 2 saturated carbocycles. The fraction of sp³-hybridized carbons (Fsp3) is 0.320. The van der Waals surface area contributed by atoms with E-state index >= 15 is 0 Å². The smallest absolute Gasteiger partial charge is 0.293 e. The van der Waals surface area contributed by atoms with Crippen molar-refractivity contribution >= 4 is 11.7 Å². The van der Waals surface area contributed by atoms with Gasteiger partial charge in [0.05, 0.1) is 12.1 Å². The Labute approximate surface area is 186 Å². The Balaban J connectivity index is 1.55. The zero-order chi connectivity index (χ0) is 22.3. The molecule has 164 valence electrons. The van der Waals surface area contributed by atoms with Gasteiger partial charge >= 0.3 is 0 Å². The molecule has 0 atom stereocenters. The van der Waals surface area contributed by atoms with Gasteiger partial charge in [0.2, 0.25) is 5.91 Å². The lowest BCUT2D eigenvalue weighted by molar-refractivity contribution is 0.1000. The molecule has 3 N–H and O–H groups in total. The number of carbonyl (C=O) groups is 1. The minimum absolute atomic E-state index is 0.175. The van der Waals surface area contributed by atoms with E-state index in [9.17, 15) is 14.7 Å². The van der Waals surface area contributed by atoms with Crippen LogP contribution in [0, 0.1) is 0 Å². The molecule has 0 radical (unpaired) electrons. The van der Waals surface area contributed by atoms with Crippen molar-refractivity contribution in [2.75, 3.05) is 4.90 Å². The minimum atomic E-state index is -0.496. The SMILES string of the molecule is NC(=O)c1cccc(Cn2ccnc(N(C3CC3)C3(c4ccccc4O)CCC3)c2=O)c1. The van der Waals surface area contributed by atoms with Gasteiger partial charge in [0, 0.05) is 29.6 Å². The van der Waals surface area contributed by atoms with Crippen LogP contribution in [0.2, 0.25) is 0 Å². The van der Waals surface area contributed by atoms with E-state index in [0.29, 0.717) is 17.9 Å². The summed E-state index contributed by atoms with van der Waals surface area (Å²) in [6.07, 6.45) is 8.12. The molecule has 2 aliphatic rings. The molecule has 1 amide bonds. The molecule has 0 bridgehead atoms. The Hall–Kier alpha value is -3.61. The van der Waals surface area contributed by atoms with E-state index in [1.807, 2.05) is 24.3 Å². The first-order valence-electron chi connectivity index (χ1n) is 11.0. The summed E-state index contributed by atoms with van der Waals surface area (Å²) in [5.74, 6) is 0.186. The maximum absolute atomic E-state index is 13.6. The number of primary amides is 1. The predicted octanol–water partition coefficient (Wildman–Crippen LogP) is 3.14. The molecule has 32 heavy (non-hydrogen) atoms. The molecular formula is C25H26N4O3. The van der Waals surface area contributed by atoms with Crippen LogP contribution in [0.25, 0.3) is 0 Å². The summed E-state index contributed by atoms with van der Waals surface area (Å²) in [7, 11) is 0. The van der Waals surface area contributed by atoms with E-state index in [1.54, 1.807) is 41.2 Å². The summed E-state index contributed by atoms with van der Waals surface area (Å²) in [5, 5.41) is 10.6. The number of hydrogen-bond donors (Lipinski definition) is 2. The Morgan fingerprint density at radius 3 is 2.62 bits per heavy atom. The minimum Gasteiger partial charge on any atom is -0.508 e. The van der Waals surface area contributed by atoms with Crippen molar-refractivity contribution in [1.82, 2.24) is 9.55 Å². The molecule has 2 fully saturated rings. The summed E-state index contributed by atoms with van der Waals surface area (Å²) >= 11 is 0. The number of nitrogens with zero attached hydrogens (tertiary/aromatic N) is 3. The number of hydrogen-bond acceptors (Lipinski definition) is 5. The van der Waals surface area contributed by atoms with Crippen molar-refractivity contribution in [3.8, 4) is 5.75 Å². The van der Waals surface area contributed by atoms with Gasteiger partial charge in [0.15, 0.2) is 5.82 Å². The molecule has 3 aromatic rings. The summed E-state index contributed by atoms with van der Waals surface area (Å²) in [5.41, 5.74) is 6.91. The molecule has 1 heterocycles. The number of nitrogens with two attached hydrogens (primary N) is 1. The van der Waals surface area contributed by atoms with Gasteiger partial charge in [0.1, 0.15) is 5.75 Å². The van der Waals surface area contributed by atoms with Crippen molar-refractivity contribution in [3.63, 3.8) is 0 Å². The maximum Gasteiger partial charge on any atom is 0.293 e. The standard InChI is InChI=1S/C25H26N4O3/c26-22(31)18-6-3-5-17(15-18)16-28-14-13-27-23(24(28)32)29(19-9-10-19)25(11-4-12-25)20-7-1-2-8-21(20)30/h1-3,5-8,13-15,19,30H,4,9-12,16H2,(H2,26,31). The lowest BCUT2D eigenvalue weighted by Gasteiger charge is -2.51. The average Bonchev–Trinajstić information content (AvgIpc) is 3.59. The molecule has 5 rings (SSSR count). The van der Waals surface area contributed by atoms with E-state index in [-0.39, 0.29) is 17.4 Å². The monoisotopic (exact) mass is 430 g/mol. The van der Waals surface area contributed by atoms with Gasteiger partial charge in [-0.25, -0.2) is 4.98 Å². The fourth-order valence-corrected chi connectivity index (χ4v) is 4.82. The van der Waals surface area contributed by atoms with Gasteiger partial charge in [-0.05, 0) is 55.9 Å². The van der Waals surface area contributed by atoms with Crippen LogP contribution in [0.5, 0.6) is 5.75 Å². The Kier molecular flexibility index (Phi) is 4.96. The third-order valence-corrected chi connectivity index (χ3v) is 6.65. The number of anilines is 1. The lowest BCUT2D eigenvalue weighted by atomic mass is 9.70. The third-order valence-electron chi connectivity index (χ3n) is 6.65. The molecular weight excluding hydrogens is 404 g/mol. The third kappa shape index (κ3) is 3.43. The number of carbonyl (C=O) groups excluding carboxylic acids is 1. The topological polar surface area (TPSA) is 101 Å². The number of phenols is 1. The second kappa shape index (κ2) is 7.82. The number of amides is 1. The molecule has 0 spiro atoms. The van der Waals surface area contributed by atoms with Crippen molar-refractivity contribution in [1.29, 1.82) is 0 Å². The van der Waals surface area contributed by atoms with E-state index in [1.165, 1.54) is 0 Å². The van der Waals surface area contributed by atoms with Crippen LogP contribution in [0.3, 0.4) is 0 Å². The molecule has 2 aliphatic carbocycles. The highest BCUT2D eigenvalue weighted by molar-refractivity contribution is 5.92. The number of phenolic OH excluding ortho intramolecular Hbond substituents is 1. The number of para-hydroxylation sites is 1. The number of aromatic hydroxyl groups is 1. The molecule has 0 aliphatic heterocycles. The number of benzene rings is 2. The highest BCUT2D eigenvalue weighted by Gasteiger charge is 2.51. The van der Waals surface area contributed by atoms with Gasteiger partial charge < -0.3 is 20.3 Å².